The van der Waals surface area contributed by atoms with E-state index in [1.54, 1.807) is 0 Å². The fourth-order valence-corrected chi connectivity index (χ4v) is 3.52. The van der Waals surface area contributed by atoms with E-state index in [-0.39, 0.29) is 6.04 Å². The summed E-state index contributed by atoms with van der Waals surface area (Å²) in [5, 5.41) is 3.58. The molecular formula is C25H28BrNO2. The summed E-state index contributed by atoms with van der Waals surface area (Å²) in [6.07, 6.45) is 0. The van der Waals surface area contributed by atoms with Gasteiger partial charge in [-0.05, 0) is 49.6 Å². The minimum atomic E-state index is 0.260. The molecule has 0 aliphatic rings. The SMILES string of the molecule is CCOc1cc(CNC(C)c2ccccc2)c(Br)cc1OCc1ccc(C)cc1. The predicted octanol–water partition coefficient (Wildman–Crippen LogP) is 6.59. The highest BCUT2D eigenvalue weighted by Crippen LogP contribution is 2.34. The minimum absolute atomic E-state index is 0.260. The van der Waals surface area contributed by atoms with Crippen LogP contribution in [-0.2, 0) is 13.2 Å². The molecule has 0 aliphatic carbocycles. The van der Waals surface area contributed by atoms with Crippen LogP contribution in [0.4, 0.5) is 0 Å². The van der Waals surface area contributed by atoms with Crippen molar-refractivity contribution in [2.45, 2.75) is 40.0 Å². The Labute approximate surface area is 182 Å². The summed E-state index contributed by atoms with van der Waals surface area (Å²) in [6, 6.07) is 23.1. The highest BCUT2D eigenvalue weighted by Gasteiger charge is 2.13. The summed E-state index contributed by atoms with van der Waals surface area (Å²) in [7, 11) is 0. The lowest BCUT2D eigenvalue weighted by molar-refractivity contribution is 0.268. The molecule has 0 spiro atoms. The van der Waals surface area contributed by atoms with Crippen LogP contribution in [0.25, 0.3) is 0 Å². The fraction of sp³-hybridized carbons (Fsp3) is 0.280. The van der Waals surface area contributed by atoms with E-state index in [1.165, 1.54) is 11.1 Å². The molecule has 0 saturated carbocycles. The van der Waals surface area contributed by atoms with Gasteiger partial charge in [-0.25, -0.2) is 0 Å². The van der Waals surface area contributed by atoms with Gasteiger partial charge in [-0.15, -0.1) is 0 Å². The molecule has 0 radical (unpaired) electrons. The topological polar surface area (TPSA) is 30.5 Å². The third kappa shape index (κ3) is 6.09. The Bertz CT molecular complexity index is 910. The second-order valence-corrected chi connectivity index (χ2v) is 7.97. The van der Waals surface area contributed by atoms with E-state index < -0.39 is 0 Å². The summed E-state index contributed by atoms with van der Waals surface area (Å²) in [5.74, 6) is 1.52. The molecule has 3 nitrogen and oxygen atoms in total. The van der Waals surface area contributed by atoms with Gasteiger partial charge in [0.05, 0.1) is 6.61 Å². The third-order valence-corrected chi connectivity index (χ3v) is 5.56. The number of aryl methyl sites for hydroxylation is 1. The van der Waals surface area contributed by atoms with Gasteiger partial charge in [0, 0.05) is 17.1 Å². The van der Waals surface area contributed by atoms with E-state index in [9.17, 15) is 0 Å². The predicted molar refractivity (Wildman–Crippen MR) is 123 cm³/mol. The Morgan fingerprint density at radius 2 is 1.62 bits per heavy atom. The molecule has 0 aliphatic heterocycles. The Morgan fingerprint density at radius 1 is 0.931 bits per heavy atom. The van der Waals surface area contributed by atoms with Crippen LogP contribution in [0.15, 0.2) is 71.2 Å². The summed E-state index contributed by atoms with van der Waals surface area (Å²) < 4.78 is 12.9. The molecule has 0 heterocycles. The summed E-state index contributed by atoms with van der Waals surface area (Å²) in [4.78, 5) is 0. The Balaban J connectivity index is 1.70. The number of rotatable bonds is 9. The van der Waals surface area contributed by atoms with Gasteiger partial charge in [-0.3, -0.25) is 0 Å². The second-order valence-electron chi connectivity index (χ2n) is 7.11. The van der Waals surface area contributed by atoms with Crippen molar-refractivity contribution in [1.82, 2.24) is 5.32 Å². The van der Waals surface area contributed by atoms with Crippen LogP contribution in [0.2, 0.25) is 0 Å². The molecule has 1 atom stereocenters. The first-order chi connectivity index (χ1) is 14.1. The van der Waals surface area contributed by atoms with Crippen molar-refractivity contribution in [3.05, 3.63) is 93.5 Å². The molecule has 0 bridgehead atoms. The van der Waals surface area contributed by atoms with Gasteiger partial charge < -0.3 is 14.8 Å². The van der Waals surface area contributed by atoms with Gasteiger partial charge >= 0.3 is 0 Å². The van der Waals surface area contributed by atoms with Gasteiger partial charge in [0.1, 0.15) is 6.61 Å². The van der Waals surface area contributed by atoms with Gasteiger partial charge in [0.15, 0.2) is 11.5 Å². The Hall–Kier alpha value is -2.30. The molecule has 3 aromatic carbocycles. The van der Waals surface area contributed by atoms with Crippen LogP contribution in [0.3, 0.4) is 0 Å². The molecule has 0 amide bonds. The lowest BCUT2D eigenvalue weighted by atomic mass is 10.1. The highest BCUT2D eigenvalue weighted by atomic mass is 79.9. The molecule has 3 aromatic rings. The lowest BCUT2D eigenvalue weighted by Gasteiger charge is -2.18. The summed E-state index contributed by atoms with van der Waals surface area (Å²) in [5.41, 5.74) is 4.79. The molecule has 0 aromatic heterocycles. The number of hydrogen-bond acceptors (Lipinski definition) is 3. The smallest absolute Gasteiger partial charge is 0.162 e. The highest BCUT2D eigenvalue weighted by molar-refractivity contribution is 9.10. The number of hydrogen-bond donors (Lipinski definition) is 1. The quantitative estimate of drug-likeness (QED) is 0.396. The summed E-state index contributed by atoms with van der Waals surface area (Å²) >= 11 is 3.70. The van der Waals surface area contributed by atoms with Gasteiger partial charge in [0.2, 0.25) is 0 Å². The van der Waals surface area contributed by atoms with Crippen molar-refractivity contribution in [2.24, 2.45) is 0 Å². The fourth-order valence-electron chi connectivity index (χ4n) is 3.06. The molecule has 29 heavy (non-hydrogen) atoms. The molecule has 0 saturated heterocycles. The van der Waals surface area contributed by atoms with E-state index in [0.29, 0.717) is 13.2 Å². The molecular weight excluding hydrogens is 426 g/mol. The van der Waals surface area contributed by atoms with Crippen molar-refractivity contribution >= 4 is 15.9 Å². The summed E-state index contributed by atoms with van der Waals surface area (Å²) in [6.45, 7) is 8.08. The molecule has 3 rings (SSSR count). The van der Waals surface area contributed by atoms with Crippen molar-refractivity contribution < 1.29 is 9.47 Å². The van der Waals surface area contributed by atoms with Gasteiger partial charge in [-0.1, -0.05) is 76.1 Å². The van der Waals surface area contributed by atoms with Crippen LogP contribution in [0, 0.1) is 6.92 Å². The average molecular weight is 454 g/mol. The monoisotopic (exact) mass is 453 g/mol. The second kappa shape index (κ2) is 10.5. The molecule has 4 heteroatoms. The first-order valence-corrected chi connectivity index (χ1v) is 10.8. The average Bonchev–Trinajstić information content (AvgIpc) is 2.74. The van der Waals surface area contributed by atoms with Crippen molar-refractivity contribution in [1.29, 1.82) is 0 Å². The van der Waals surface area contributed by atoms with E-state index in [4.69, 9.17) is 9.47 Å². The number of nitrogens with one attached hydrogen (secondary N) is 1. The standard InChI is InChI=1S/C25H28BrNO2/c1-4-28-24-14-22(16-27-19(3)21-8-6-5-7-9-21)23(26)15-25(24)29-17-20-12-10-18(2)11-13-20/h5-15,19,27H,4,16-17H2,1-3H3. The first-order valence-electron chi connectivity index (χ1n) is 9.98. The zero-order valence-corrected chi connectivity index (χ0v) is 18.8. The largest absolute Gasteiger partial charge is 0.490 e. The van der Waals surface area contributed by atoms with Gasteiger partial charge in [0.25, 0.3) is 0 Å². The zero-order chi connectivity index (χ0) is 20.6. The van der Waals surface area contributed by atoms with E-state index in [0.717, 1.165) is 33.6 Å². The van der Waals surface area contributed by atoms with E-state index in [2.05, 4.69) is 89.7 Å². The molecule has 1 N–H and O–H groups in total. The maximum absolute atomic E-state index is 6.07. The number of halogens is 1. The number of ether oxygens (including phenoxy) is 2. The Morgan fingerprint density at radius 3 is 2.31 bits per heavy atom. The van der Waals surface area contributed by atoms with E-state index in [1.807, 2.05) is 19.1 Å². The lowest BCUT2D eigenvalue weighted by Crippen LogP contribution is -2.18. The van der Waals surface area contributed by atoms with Crippen LogP contribution in [0.5, 0.6) is 11.5 Å². The van der Waals surface area contributed by atoms with Gasteiger partial charge in [-0.2, -0.15) is 0 Å². The normalized spacial score (nSPS) is 11.9. The minimum Gasteiger partial charge on any atom is -0.490 e. The molecule has 1 unspecified atom stereocenters. The first kappa shape index (κ1) is 21.4. The van der Waals surface area contributed by atoms with Crippen LogP contribution in [-0.4, -0.2) is 6.61 Å². The van der Waals surface area contributed by atoms with Crippen molar-refractivity contribution in [2.75, 3.05) is 6.61 Å². The number of benzene rings is 3. The maximum atomic E-state index is 6.07. The third-order valence-electron chi connectivity index (χ3n) is 4.83. The van der Waals surface area contributed by atoms with Crippen molar-refractivity contribution in [3.63, 3.8) is 0 Å². The van der Waals surface area contributed by atoms with Crippen LogP contribution in [0.1, 0.15) is 42.1 Å². The molecule has 152 valence electrons. The van der Waals surface area contributed by atoms with Crippen LogP contribution >= 0.6 is 15.9 Å². The van der Waals surface area contributed by atoms with Crippen molar-refractivity contribution in [3.8, 4) is 11.5 Å². The Kier molecular flexibility index (Phi) is 7.73. The zero-order valence-electron chi connectivity index (χ0n) is 17.2. The maximum Gasteiger partial charge on any atom is 0.162 e. The molecule has 0 fully saturated rings. The van der Waals surface area contributed by atoms with Crippen LogP contribution < -0.4 is 14.8 Å². The van der Waals surface area contributed by atoms with E-state index >= 15 is 0 Å².